The minimum absolute atomic E-state index is 0.0371. The highest BCUT2D eigenvalue weighted by Crippen LogP contribution is 2.23. The highest BCUT2D eigenvalue weighted by molar-refractivity contribution is 5.86. The van der Waals surface area contributed by atoms with Crippen molar-refractivity contribution in [2.24, 2.45) is 0 Å². The maximum absolute atomic E-state index is 13.3. The Hall–Kier alpha value is -2.11. The second-order valence-corrected chi connectivity index (χ2v) is 8.37. The van der Waals surface area contributed by atoms with Gasteiger partial charge in [-0.1, -0.05) is 12.1 Å². The number of ether oxygens (including phenoxy) is 1. The summed E-state index contributed by atoms with van der Waals surface area (Å²) in [7, 11) is 0. The summed E-state index contributed by atoms with van der Waals surface area (Å²) in [5, 5.41) is 0. The lowest BCUT2D eigenvalue weighted by atomic mass is 10.0. The third kappa shape index (κ3) is 5.94. The van der Waals surface area contributed by atoms with Crippen molar-refractivity contribution in [1.82, 2.24) is 9.80 Å². The summed E-state index contributed by atoms with van der Waals surface area (Å²) in [6, 6.07) is 5.61. The highest BCUT2D eigenvalue weighted by atomic mass is 19.1. The number of piperidine rings is 1. The molecule has 6 heteroatoms. The van der Waals surface area contributed by atoms with Gasteiger partial charge in [0.05, 0.1) is 0 Å². The van der Waals surface area contributed by atoms with Gasteiger partial charge in [-0.15, -0.1) is 0 Å². The zero-order valence-corrected chi connectivity index (χ0v) is 17.0. The van der Waals surface area contributed by atoms with E-state index in [-0.39, 0.29) is 17.8 Å². The van der Waals surface area contributed by atoms with Crippen LogP contribution in [-0.4, -0.2) is 46.0 Å². The number of hydrogen-bond donors (Lipinski definition) is 0. The van der Waals surface area contributed by atoms with Gasteiger partial charge in [0.15, 0.2) is 0 Å². The molecule has 0 aliphatic carbocycles. The van der Waals surface area contributed by atoms with Gasteiger partial charge in [-0.3, -0.25) is 9.69 Å². The van der Waals surface area contributed by atoms with Crippen LogP contribution in [0.2, 0.25) is 0 Å². The molecule has 150 valence electrons. The molecule has 1 fully saturated rings. The summed E-state index contributed by atoms with van der Waals surface area (Å²) in [6.07, 6.45) is 1.96. The molecule has 1 atom stereocenters. The fraction of sp³-hybridized carbons (Fsp3) is 0.619. The number of likely N-dealkylation sites (tertiary alicyclic amines) is 1. The summed E-state index contributed by atoms with van der Waals surface area (Å²) in [5.41, 5.74) is 0.256. The number of hydrogen-bond acceptors (Lipinski definition) is 3. The Labute approximate surface area is 161 Å². The average molecular weight is 378 g/mol. The van der Waals surface area contributed by atoms with Crippen LogP contribution in [0, 0.1) is 5.82 Å². The minimum atomic E-state index is -0.603. The molecule has 27 heavy (non-hydrogen) atoms. The van der Waals surface area contributed by atoms with E-state index in [9.17, 15) is 14.0 Å². The maximum atomic E-state index is 13.3. The van der Waals surface area contributed by atoms with E-state index < -0.39 is 17.7 Å². The smallest absolute Gasteiger partial charge is 0.410 e. The molecule has 0 N–H and O–H groups in total. The summed E-state index contributed by atoms with van der Waals surface area (Å²) in [6.45, 7) is 10.3. The molecule has 0 bridgehead atoms. The summed E-state index contributed by atoms with van der Waals surface area (Å²) >= 11 is 0. The van der Waals surface area contributed by atoms with Gasteiger partial charge in [-0.2, -0.15) is 0 Å². The monoisotopic (exact) mass is 378 g/mol. The minimum Gasteiger partial charge on any atom is -0.444 e. The molecule has 2 amide bonds. The van der Waals surface area contributed by atoms with Gasteiger partial charge in [0, 0.05) is 19.1 Å². The van der Waals surface area contributed by atoms with E-state index in [0.717, 1.165) is 18.4 Å². The van der Waals surface area contributed by atoms with Crippen molar-refractivity contribution in [3.63, 3.8) is 0 Å². The van der Waals surface area contributed by atoms with Crippen molar-refractivity contribution >= 4 is 12.0 Å². The summed E-state index contributed by atoms with van der Waals surface area (Å²) < 4.78 is 18.7. The van der Waals surface area contributed by atoms with E-state index >= 15 is 0 Å². The predicted molar refractivity (Wildman–Crippen MR) is 103 cm³/mol. The molecular formula is C21H31FN2O3. The summed E-state index contributed by atoms with van der Waals surface area (Å²) in [4.78, 5) is 29.2. The van der Waals surface area contributed by atoms with Gasteiger partial charge >= 0.3 is 6.09 Å². The van der Waals surface area contributed by atoms with Crippen LogP contribution in [0.3, 0.4) is 0 Å². The number of benzene rings is 1. The standard InChI is InChI=1S/C21H31FN2O3/c1-15(2)24(14-16-9-11-17(22)12-10-16)19(25)18-8-6-7-13-23(18)20(26)27-21(3,4)5/h9-12,15,18H,6-8,13-14H2,1-5H3. The first-order chi connectivity index (χ1) is 12.6. The highest BCUT2D eigenvalue weighted by Gasteiger charge is 2.37. The number of halogens is 1. The van der Waals surface area contributed by atoms with Crippen molar-refractivity contribution in [3.8, 4) is 0 Å². The first-order valence-electron chi connectivity index (χ1n) is 9.63. The second kappa shape index (κ2) is 8.72. The van der Waals surface area contributed by atoms with Crippen molar-refractivity contribution < 1.29 is 18.7 Å². The van der Waals surface area contributed by atoms with Gasteiger partial charge in [-0.05, 0) is 71.6 Å². The van der Waals surface area contributed by atoms with E-state index in [4.69, 9.17) is 4.74 Å². The SMILES string of the molecule is CC(C)N(Cc1ccc(F)cc1)C(=O)C1CCCCN1C(=O)OC(C)(C)C. The van der Waals surface area contributed by atoms with Gasteiger partial charge in [-0.25, -0.2) is 9.18 Å². The zero-order valence-electron chi connectivity index (χ0n) is 17.0. The van der Waals surface area contributed by atoms with Crippen molar-refractivity contribution in [2.75, 3.05) is 6.54 Å². The predicted octanol–water partition coefficient (Wildman–Crippen LogP) is 4.35. The Bertz CT molecular complexity index is 652. The van der Waals surface area contributed by atoms with Crippen molar-refractivity contribution in [2.45, 2.75) is 78.1 Å². The Morgan fingerprint density at radius 1 is 1.22 bits per heavy atom. The van der Waals surface area contributed by atoms with Crippen LogP contribution in [-0.2, 0) is 16.1 Å². The molecule has 0 aromatic heterocycles. The van der Waals surface area contributed by atoms with Crippen molar-refractivity contribution in [3.05, 3.63) is 35.6 Å². The quantitative estimate of drug-likeness (QED) is 0.782. The Kier molecular flexibility index (Phi) is 6.84. The van der Waals surface area contributed by atoms with Crippen LogP contribution in [0.5, 0.6) is 0 Å². The number of rotatable bonds is 4. The maximum Gasteiger partial charge on any atom is 0.410 e. The summed E-state index contributed by atoms with van der Waals surface area (Å²) in [5.74, 6) is -0.385. The Morgan fingerprint density at radius 3 is 2.41 bits per heavy atom. The fourth-order valence-corrected chi connectivity index (χ4v) is 3.22. The normalized spacial score (nSPS) is 17.7. The van der Waals surface area contributed by atoms with Crippen LogP contribution in [0.15, 0.2) is 24.3 Å². The molecular weight excluding hydrogens is 347 g/mol. The Balaban J connectivity index is 2.18. The van der Waals surface area contributed by atoms with E-state index in [2.05, 4.69) is 0 Å². The molecule has 1 aliphatic heterocycles. The molecule has 1 unspecified atom stereocenters. The number of amides is 2. The molecule has 0 radical (unpaired) electrons. The Morgan fingerprint density at radius 2 is 1.85 bits per heavy atom. The third-order valence-electron chi connectivity index (χ3n) is 4.59. The first kappa shape index (κ1) is 21.2. The van der Waals surface area contributed by atoms with Crippen LogP contribution >= 0.6 is 0 Å². The molecule has 5 nitrogen and oxygen atoms in total. The second-order valence-electron chi connectivity index (χ2n) is 8.37. The van der Waals surface area contributed by atoms with Crippen LogP contribution in [0.25, 0.3) is 0 Å². The van der Waals surface area contributed by atoms with Gasteiger partial charge in [0.1, 0.15) is 17.5 Å². The molecule has 1 heterocycles. The van der Waals surface area contributed by atoms with E-state index in [1.807, 2.05) is 34.6 Å². The van der Waals surface area contributed by atoms with Gasteiger partial charge < -0.3 is 9.64 Å². The van der Waals surface area contributed by atoms with E-state index in [0.29, 0.717) is 19.5 Å². The van der Waals surface area contributed by atoms with Crippen molar-refractivity contribution in [1.29, 1.82) is 0 Å². The first-order valence-corrected chi connectivity index (χ1v) is 9.63. The average Bonchev–Trinajstić information content (AvgIpc) is 2.59. The molecule has 1 saturated heterocycles. The lowest BCUT2D eigenvalue weighted by Gasteiger charge is -2.39. The topological polar surface area (TPSA) is 49.9 Å². The number of nitrogens with zero attached hydrogens (tertiary/aromatic N) is 2. The third-order valence-corrected chi connectivity index (χ3v) is 4.59. The van der Waals surface area contributed by atoms with Crippen LogP contribution in [0.4, 0.5) is 9.18 Å². The molecule has 1 aromatic rings. The molecule has 1 aliphatic rings. The number of carbonyl (C=O) groups is 2. The van der Waals surface area contributed by atoms with Gasteiger partial charge in [0.2, 0.25) is 5.91 Å². The largest absolute Gasteiger partial charge is 0.444 e. The van der Waals surface area contributed by atoms with E-state index in [1.165, 1.54) is 12.1 Å². The molecule has 2 rings (SSSR count). The van der Waals surface area contributed by atoms with Crippen LogP contribution in [0.1, 0.15) is 59.4 Å². The lowest BCUT2D eigenvalue weighted by molar-refractivity contribution is -0.140. The zero-order chi connectivity index (χ0) is 20.2. The number of carbonyl (C=O) groups excluding carboxylic acids is 2. The molecule has 0 saturated carbocycles. The van der Waals surface area contributed by atoms with E-state index in [1.54, 1.807) is 21.9 Å². The van der Waals surface area contributed by atoms with Gasteiger partial charge in [0.25, 0.3) is 0 Å². The molecule has 0 spiro atoms. The fourth-order valence-electron chi connectivity index (χ4n) is 3.22. The van der Waals surface area contributed by atoms with Crippen LogP contribution < -0.4 is 0 Å². The molecule has 1 aromatic carbocycles. The lowest BCUT2D eigenvalue weighted by Crippen LogP contribution is -2.55.